The van der Waals surface area contributed by atoms with Crippen LogP contribution in [0.15, 0.2) is 18.2 Å². The van der Waals surface area contributed by atoms with Crippen LogP contribution in [0.1, 0.15) is 18.9 Å². The van der Waals surface area contributed by atoms with Gasteiger partial charge < -0.3 is 15.4 Å². The molecule has 0 aliphatic carbocycles. The molecule has 0 aliphatic rings. The van der Waals surface area contributed by atoms with Crippen LogP contribution in [0, 0.1) is 0 Å². The highest BCUT2D eigenvalue weighted by molar-refractivity contribution is 5.58. The molecule has 0 amide bonds. The lowest BCUT2D eigenvalue weighted by atomic mass is 10.1. The Hall–Kier alpha value is -1.22. The summed E-state index contributed by atoms with van der Waals surface area (Å²) in [5.74, 6) is 0.918. The summed E-state index contributed by atoms with van der Waals surface area (Å²) in [4.78, 5) is 0. The first kappa shape index (κ1) is 12.8. The molecule has 0 saturated carbocycles. The van der Waals surface area contributed by atoms with Gasteiger partial charge in [0.1, 0.15) is 5.75 Å². The topological polar surface area (TPSA) is 33.3 Å². The molecule has 0 aromatic heterocycles. The van der Waals surface area contributed by atoms with Crippen molar-refractivity contribution >= 4 is 5.69 Å². The van der Waals surface area contributed by atoms with E-state index in [1.165, 1.54) is 5.56 Å². The van der Waals surface area contributed by atoms with E-state index < -0.39 is 0 Å². The van der Waals surface area contributed by atoms with Gasteiger partial charge in [0.2, 0.25) is 0 Å². The van der Waals surface area contributed by atoms with E-state index >= 15 is 0 Å². The van der Waals surface area contributed by atoms with Gasteiger partial charge in [0, 0.05) is 6.54 Å². The van der Waals surface area contributed by atoms with Crippen LogP contribution in [0.4, 0.5) is 5.69 Å². The summed E-state index contributed by atoms with van der Waals surface area (Å²) in [5.41, 5.74) is 2.43. The largest absolute Gasteiger partial charge is 0.495 e. The molecular weight excluding hydrogens is 200 g/mol. The van der Waals surface area contributed by atoms with E-state index in [1.54, 1.807) is 7.11 Å². The highest BCUT2D eigenvalue weighted by Crippen LogP contribution is 2.25. The minimum atomic E-state index is 0.918. The second-order valence-electron chi connectivity index (χ2n) is 3.77. The van der Waals surface area contributed by atoms with Gasteiger partial charge in [-0.1, -0.05) is 13.0 Å². The molecule has 0 radical (unpaired) electrons. The molecule has 90 valence electrons. The van der Waals surface area contributed by atoms with E-state index in [0.29, 0.717) is 0 Å². The second-order valence-corrected chi connectivity index (χ2v) is 3.77. The van der Waals surface area contributed by atoms with Gasteiger partial charge in [-0.2, -0.15) is 0 Å². The molecule has 1 rings (SSSR count). The van der Waals surface area contributed by atoms with Crippen molar-refractivity contribution in [2.45, 2.75) is 19.8 Å². The Balaban J connectivity index is 2.60. The maximum Gasteiger partial charge on any atom is 0.141 e. The van der Waals surface area contributed by atoms with Crippen LogP contribution in [0.25, 0.3) is 0 Å². The molecule has 0 heterocycles. The Kier molecular flexibility index (Phi) is 5.72. The molecule has 16 heavy (non-hydrogen) atoms. The maximum atomic E-state index is 5.32. The fraction of sp³-hybridized carbons (Fsp3) is 0.538. The molecule has 0 aliphatic heterocycles. The van der Waals surface area contributed by atoms with Crippen molar-refractivity contribution in [1.82, 2.24) is 5.32 Å². The Morgan fingerprint density at radius 1 is 1.25 bits per heavy atom. The lowest BCUT2D eigenvalue weighted by Crippen LogP contribution is -2.13. The minimum absolute atomic E-state index is 0.918. The van der Waals surface area contributed by atoms with Gasteiger partial charge in [-0.25, -0.2) is 0 Å². The first-order valence-electron chi connectivity index (χ1n) is 5.87. The van der Waals surface area contributed by atoms with E-state index in [9.17, 15) is 0 Å². The number of ether oxygens (including phenoxy) is 1. The zero-order valence-corrected chi connectivity index (χ0v) is 10.5. The molecule has 1 aromatic rings. The normalized spacial score (nSPS) is 10.2. The van der Waals surface area contributed by atoms with Crippen molar-refractivity contribution in [2.24, 2.45) is 0 Å². The lowest BCUT2D eigenvalue weighted by molar-refractivity contribution is 0.416. The summed E-state index contributed by atoms with van der Waals surface area (Å²) in [6.07, 6.45) is 2.16. The standard InChI is InChI=1S/C13H22N2O/c1-4-11-6-7-13(16-3)12(10-11)15-9-5-8-14-2/h6-7,10,14-15H,4-5,8-9H2,1-3H3. The van der Waals surface area contributed by atoms with Gasteiger partial charge in [-0.3, -0.25) is 0 Å². The van der Waals surface area contributed by atoms with Gasteiger partial charge in [0.05, 0.1) is 12.8 Å². The van der Waals surface area contributed by atoms with E-state index in [4.69, 9.17) is 4.74 Å². The monoisotopic (exact) mass is 222 g/mol. The number of methoxy groups -OCH3 is 1. The average Bonchev–Trinajstić information content (AvgIpc) is 2.34. The molecule has 0 fully saturated rings. The van der Waals surface area contributed by atoms with Crippen LogP contribution in [0.5, 0.6) is 5.75 Å². The number of anilines is 1. The lowest BCUT2D eigenvalue weighted by Gasteiger charge is -2.12. The highest BCUT2D eigenvalue weighted by atomic mass is 16.5. The third-order valence-corrected chi connectivity index (χ3v) is 2.59. The summed E-state index contributed by atoms with van der Waals surface area (Å²) in [6, 6.07) is 6.30. The third-order valence-electron chi connectivity index (χ3n) is 2.59. The zero-order chi connectivity index (χ0) is 11.8. The molecular formula is C13H22N2O. The first-order chi connectivity index (χ1) is 7.81. The van der Waals surface area contributed by atoms with Crippen molar-refractivity contribution in [1.29, 1.82) is 0 Å². The van der Waals surface area contributed by atoms with Crippen LogP contribution in [-0.2, 0) is 6.42 Å². The number of rotatable bonds is 7. The van der Waals surface area contributed by atoms with Crippen molar-refractivity contribution < 1.29 is 4.74 Å². The predicted octanol–water partition coefficient (Wildman–Crippen LogP) is 2.28. The third kappa shape index (κ3) is 3.74. The molecule has 3 heteroatoms. The van der Waals surface area contributed by atoms with Crippen molar-refractivity contribution in [3.63, 3.8) is 0 Å². The van der Waals surface area contributed by atoms with Crippen LogP contribution in [0.2, 0.25) is 0 Å². The van der Waals surface area contributed by atoms with Crippen molar-refractivity contribution in [3.8, 4) is 5.75 Å². The molecule has 0 unspecified atom stereocenters. The highest BCUT2D eigenvalue weighted by Gasteiger charge is 2.02. The molecule has 2 N–H and O–H groups in total. The molecule has 0 bridgehead atoms. The number of benzene rings is 1. The molecule has 1 aromatic carbocycles. The smallest absolute Gasteiger partial charge is 0.141 e. The van der Waals surface area contributed by atoms with Crippen molar-refractivity contribution in [2.75, 3.05) is 32.6 Å². The zero-order valence-electron chi connectivity index (χ0n) is 10.5. The Labute approximate surface area is 98.2 Å². The summed E-state index contributed by atoms with van der Waals surface area (Å²) < 4.78 is 5.32. The van der Waals surface area contributed by atoms with E-state index in [1.807, 2.05) is 13.1 Å². The predicted molar refractivity (Wildman–Crippen MR) is 69.4 cm³/mol. The first-order valence-corrected chi connectivity index (χ1v) is 5.87. The SMILES string of the molecule is CCc1ccc(OC)c(NCCCNC)c1. The summed E-state index contributed by atoms with van der Waals surface area (Å²) in [7, 11) is 3.68. The molecule has 0 spiro atoms. The van der Waals surface area contributed by atoms with E-state index in [2.05, 4.69) is 29.7 Å². The number of hydrogen-bond donors (Lipinski definition) is 2. The second kappa shape index (κ2) is 7.12. The minimum Gasteiger partial charge on any atom is -0.495 e. The number of aryl methyl sites for hydroxylation is 1. The van der Waals surface area contributed by atoms with Crippen LogP contribution < -0.4 is 15.4 Å². The van der Waals surface area contributed by atoms with Gasteiger partial charge in [-0.05, 0) is 44.1 Å². The summed E-state index contributed by atoms with van der Waals surface area (Å²) in [6.45, 7) is 4.15. The molecule has 0 atom stereocenters. The fourth-order valence-corrected chi connectivity index (χ4v) is 1.60. The molecule has 0 saturated heterocycles. The number of hydrogen-bond acceptors (Lipinski definition) is 3. The quantitative estimate of drug-likeness (QED) is 0.694. The molecule has 3 nitrogen and oxygen atoms in total. The van der Waals surface area contributed by atoms with Crippen LogP contribution in [0.3, 0.4) is 0 Å². The van der Waals surface area contributed by atoms with E-state index in [0.717, 1.165) is 37.4 Å². The number of nitrogens with one attached hydrogen (secondary N) is 2. The van der Waals surface area contributed by atoms with Crippen LogP contribution >= 0.6 is 0 Å². The van der Waals surface area contributed by atoms with Gasteiger partial charge in [-0.15, -0.1) is 0 Å². The fourth-order valence-electron chi connectivity index (χ4n) is 1.60. The van der Waals surface area contributed by atoms with Gasteiger partial charge >= 0.3 is 0 Å². The van der Waals surface area contributed by atoms with Gasteiger partial charge in [0.25, 0.3) is 0 Å². The van der Waals surface area contributed by atoms with Crippen molar-refractivity contribution in [3.05, 3.63) is 23.8 Å². The van der Waals surface area contributed by atoms with E-state index in [-0.39, 0.29) is 0 Å². The van der Waals surface area contributed by atoms with Gasteiger partial charge in [0.15, 0.2) is 0 Å². The summed E-state index contributed by atoms with van der Waals surface area (Å²) in [5, 5.41) is 6.54. The maximum absolute atomic E-state index is 5.32. The summed E-state index contributed by atoms with van der Waals surface area (Å²) >= 11 is 0. The van der Waals surface area contributed by atoms with Crippen LogP contribution in [-0.4, -0.2) is 27.2 Å². The average molecular weight is 222 g/mol. The Morgan fingerprint density at radius 3 is 2.69 bits per heavy atom. The Morgan fingerprint density at radius 2 is 2.06 bits per heavy atom. The Bertz CT molecular complexity index is 313.